The third-order valence-corrected chi connectivity index (χ3v) is 4.05. The van der Waals surface area contributed by atoms with E-state index in [-0.39, 0.29) is 0 Å². The Morgan fingerprint density at radius 1 is 1.33 bits per heavy atom. The first kappa shape index (κ1) is 14.3. The summed E-state index contributed by atoms with van der Waals surface area (Å²) in [6.45, 7) is 9.23. The van der Waals surface area contributed by atoms with Crippen LogP contribution in [-0.4, -0.2) is 50.2 Å². The minimum Gasteiger partial charge on any atom is -0.449 e. The summed E-state index contributed by atoms with van der Waals surface area (Å²) in [5, 5.41) is 4.24. The molecular weight excluding hydrogens is 266 g/mol. The van der Waals surface area contributed by atoms with Gasteiger partial charge in [0.05, 0.1) is 11.9 Å². The third-order valence-electron chi connectivity index (χ3n) is 4.05. The van der Waals surface area contributed by atoms with Crippen LogP contribution >= 0.6 is 0 Å². The first-order valence-corrected chi connectivity index (χ1v) is 7.45. The van der Waals surface area contributed by atoms with Gasteiger partial charge in [-0.2, -0.15) is 5.10 Å². The highest BCUT2D eigenvalue weighted by molar-refractivity contribution is 5.04. The molecule has 114 valence electrons. The van der Waals surface area contributed by atoms with Crippen LogP contribution in [0.4, 0.5) is 0 Å². The largest absolute Gasteiger partial charge is 0.449 e. The lowest BCUT2D eigenvalue weighted by atomic mass is 10.1. The van der Waals surface area contributed by atoms with Gasteiger partial charge in [-0.05, 0) is 6.92 Å². The summed E-state index contributed by atoms with van der Waals surface area (Å²) in [7, 11) is 1.96. The van der Waals surface area contributed by atoms with E-state index < -0.39 is 0 Å². The van der Waals surface area contributed by atoms with Crippen LogP contribution in [0.15, 0.2) is 23.1 Å². The zero-order chi connectivity index (χ0) is 14.8. The highest BCUT2D eigenvalue weighted by atomic mass is 16.3. The Morgan fingerprint density at radius 3 is 2.81 bits per heavy atom. The van der Waals surface area contributed by atoms with E-state index in [1.165, 1.54) is 5.56 Å². The van der Waals surface area contributed by atoms with Crippen LogP contribution in [0.1, 0.15) is 24.1 Å². The fourth-order valence-electron chi connectivity index (χ4n) is 2.95. The summed E-state index contributed by atoms with van der Waals surface area (Å²) in [4.78, 5) is 9.35. The number of rotatable bonds is 4. The maximum Gasteiger partial charge on any atom is 0.191 e. The van der Waals surface area contributed by atoms with Crippen LogP contribution in [0.25, 0.3) is 0 Å². The molecule has 0 radical (unpaired) electrons. The van der Waals surface area contributed by atoms with E-state index in [1.807, 2.05) is 24.9 Å². The topological polar surface area (TPSA) is 50.3 Å². The van der Waals surface area contributed by atoms with Crippen molar-refractivity contribution < 1.29 is 4.42 Å². The van der Waals surface area contributed by atoms with Gasteiger partial charge in [-0.25, -0.2) is 4.98 Å². The highest BCUT2D eigenvalue weighted by Gasteiger charge is 2.24. The van der Waals surface area contributed by atoms with Crippen LogP contribution in [-0.2, 0) is 20.1 Å². The summed E-state index contributed by atoms with van der Waals surface area (Å²) in [6, 6.07) is 0.534. The van der Waals surface area contributed by atoms with Gasteiger partial charge in [-0.15, -0.1) is 0 Å². The fraction of sp³-hybridized carbons (Fsp3) is 0.600. The van der Waals surface area contributed by atoms with Gasteiger partial charge in [-0.1, -0.05) is 0 Å². The Balaban J connectivity index is 1.54. The average molecular weight is 289 g/mol. The average Bonchev–Trinajstić information content (AvgIpc) is 3.02. The first-order chi connectivity index (χ1) is 10.1. The molecule has 1 saturated heterocycles. The summed E-state index contributed by atoms with van der Waals surface area (Å²) < 4.78 is 7.14. The van der Waals surface area contributed by atoms with Gasteiger partial charge in [0.1, 0.15) is 6.26 Å². The van der Waals surface area contributed by atoms with Gasteiger partial charge in [0.25, 0.3) is 0 Å². The van der Waals surface area contributed by atoms with E-state index in [0.29, 0.717) is 6.04 Å². The number of oxazole rings is 1. The van der Waals surface area contributed by atoms with E-state index >= 15 is 0 Å². The van der Waals surface area contributed by atoms with E-state index in [0.717, 1.165) is 44.3 Å². The molecule has 1 aliphatic heterocycles. The van der Waals surface area contributed by atoms with E-state index in [4.69, 9.17) is 4.42 Å². The van der Waals surface area contributed by atoms with Gasteiger partial charge in [0, 0.05) is 64.5 Å². The molecule has 0 amide bonds. The summed E-state index contributed by atoms with van der Waals surface area (Å²) in [5.74, 6) is 0.744. The lowest BCUT2D eigenvalue weighted by Crippen LogP contribution is -2.50. The predicted octanol–water partition coefficient (Wildman–Crippen LogP) is 1.42. The summed E-state index contributed by atoms with van der Waals surface area (Å²) >= 11 is 0. The normalized spacial score (nSPS) is 21.0. The maximum atomic E-state index is 5.28. The highest BCUT2D eigenvalue weighted by Crippen LogP contribution is 2.15. The zero-order valence-electron chi connectivity index (χ0n) is 13.0. The maximum absolute atomic E-state index is 5.28. The van der Waals surface area contributed by atoms with Gasteiger partial charge < -0.3 is 4.42 Å². The van der Waals surface area contributed by atoms with Crippen LogP contribution in [0, 0.1) is 6.92 Å². The molecule has 1 unspecified atom stereocenters. The third kappa shape index (κ3) is 3.51. The second-order valence-corrected chi connectivity index (χ2v) is 5.93. The van der Waals surface area contributed by atoms with Crippen molar-refractivity contribution in [1.82, 2.24) is 24.6 Å². The van der Waals surface area contributed by atoms with Crippen molar-refractivity contribution in [3.63, 3.8) is 0 Å². The van der Waals surface area contributed by atoms with Crippen molar-refractivity contribution in [2.24, 2.45) is 7.05 Å². The second kappa shape index (κ2) is 5.99. The minimum absolute atomic E-state index is 0.534. The Bertz CT molecular complexity index is 590. The molecule has 0 N–H and O–H groups in total. The Hall–Kier alpha value is -1.66. The van der Waals surface area contributed by atoms with Crippen LogP contribution < -0.4 is 0 Å². The molecule has 6 nitrogen and oxygen atoms in total. The van der Waals surface area contributed by atoms with Crippen LogP contribution in [0.3, 0.4) is 0 Å². The fourth-order valence-corrected chi connectivity index (χ4v) is 2.95. The predicted molar refractivity (Wildman–Crippen MR) is 79.6 cm³/mol. The monoisotopic (exact) mass is 289 g/mol. The van der Waals surface area contributed by atoms with Gasteiger partial charge in [-0.3, -0.25) is 14.5 Å². The van der Waals surface area contributed by atoms with E-state index in [9.17, 15) is 0 Å². The van der Waals surface area contributed by atoms with Crippen molar-refractivity contribution in [3.05, 3.63) is 35.8 Å². The number of piperazine rings is 1. The Kier molecular flexibility index (Phi) is 4.07. The van der Waals surface area contributed by atoms with E-state index in [1.54, 1.807) is 6.26 Å². The van der Waals surface area contributed by atoms with Gasteiger partial charge >= 0.3 is 0 Å². The molecule has 1 fully saturated rings. The molecule has 3 rings (SSSR count). The molecule has 3 heterocycles. The molecule has 0 bridgehead atoms. The van der Waals surface area contributed by atoms with Crippen molar-refractivity contribution in [3.8, 4) is 0 Å². The molecule has 6 heteroatoms. The van der Waals surface area contributed by atoms with Crippen molar-refractivity contribution in [2.45, 2.75) is 33.0 Å². The molecule has 1 aliphatic rings. The van der Waals surface area contributed by atoms with Crippen molar-refractivity contribution in [2.75, 3.05) is 19.6 Å². The van der Waals surface area contributed by atoms with E-state index in [2.05, 4.69) is 33.0 Å². The number of hydrogen-bond donors (Lipinski definition) is 0. The molecule has 2 aromatic rings. The van der Waals surface area contributed by atoms with Crippen molar-refractivity contribution in [1.29, 1.82) is 0 Å². The van der Waals surface area contributed by atoms with Gasteiger partial charge in [0.2, 0.25) is 0 Å². The summed E-state index contributed by atoms with van der Waals surface area (Å²) in [6.07, 6.45) is 5.82. The molecule has 21 heavy (non-hydrogen) atoms. The zero-order valence-corrected chi connectivity index (χ0v) is 13.0. The molecule has 0 saturated carbocycles. The second-order valence-electron chi connectivity index (χ2n) is 5.93. The van der Waals surface area contributed by atoms with Crippen LogP contribution in [0.2, 0.25) is 0 Å². The molecule has 0 spiro atoms. The smallest absolute Gasteiger partial charge is 0.191 e. The van der Waals surface area contributed by atoms with Crippen LogP contribution in [0.5, 0.6) is 0 Å². The molecule has 2 aromatic heterocycles. The lowest BCUT2D eigenvalue weighted by Gasteiger charge is -2.39. The number of nitrogens with zero attached hydrogens (tertiary/aromatic N) is 5. The minimum atomic E-state index is 0.534. The molecule has 1 atom stereocenters. The van der Waals surface area contributed by atoms with Gasteiger partial charge in [0.15, 0.2) is 5.89 Å². The Labute approximate surface area is 125 Å². The Morgan fingerprint density at radius 2 is 2.19 bits per heavy atom. The first-order valence-electron chi connectivity index (χ1n) is 7.45. The van der Waals surface area contributed by atoms with Crippen molar-refractivity contribution >= 4 is 0 Å². The quantitative estimate of drug-likeness (QED) is 0.852. The standard InChI is InChI=1S/C15H23N5O/c1-12-7-19(10-15-11-21-13(2)17-15)4-5-20(12)9-14-6-16-18(3)8-14/h6,8,11-12H,4-5,7,9-10H2,1-3H3. The summed E-state index contributed by atoms with van der Waals surface area (Å²) in [5.41, 5.74) is 2.31. The number of hydrogen-bond acceptors (Lipinski definition) is 5. The lowest BCUT2D eigenvalue weighted by molar-refractivity contribution is 0.0725. The number of aryl methyl sites for hydroxylation is 2. The molecule has 0 aromatic carbocycles. The molecular formula is C15H23N5O. The number of aromatic nitrogens is 3. The molecule has 0 aliphatic carbocycles. The SMILES string of the molecule is Cc1nc(CN2CCN(Cc3cnn(C)c3)C(C)C2)co1.